The average Bonchev–Trinajstić information content (AvgIpc) is 2.75. The number of aliphatic hydroxyl groups is 1. The first-order valence-corrected chi connectivity index (χ1v) is 10.2. The van der Waals surface area contributed by atoms with Gasteiger partial charge in [0.15, 0.2) is 0 Å². The third-order valence-corrected chi connectivity index (χ3v) is 4.64. The zero-order valence-corrected chi connectivity index (χ0v) is 18.3. The molecular formula is C23H31N3O6. The molecule has 1 saturated heterocycles. The van der Waals surface area contributed by atoms with Crippen LogP contribution in [-0.4, -0.2) is 57.3 Å². The van der Waals surface area contributed by atoms with Crippen LogP contribution < -0.4 is 10.6 Å². The number of piperidine rings is 1. The van der Waals surface area contributed by atoms with E-state index in [1.807, 2.05) is 42.5 Å². The third-order valence-electron chi connectivity index (χ3n) is 4.64. The molecule has 2 aromatic rings. The van der Waals surface area contributed by atoms with Gasteiger partial charge in [-0.25, -0.2) is 0 Å². The van der Waals surface area contributed by atoms with E-state index in [1.54, 1.807) is 12.4 Å². The third kappa shape index (κ3) is 9.67. The molecule has 2 atom stereocenters. The first-order chi connectivity index (χ1) is 15.2. The maximum atomic E-state index is 12.6. The Morgan fingerprint density at radius 3 is 2.16 bits per heavy atom. The molecule has 9 heteroatoms. The Balaban J connectivity index is 0.000000554. The smallest absolute Gasteiger partial charge is 0.300 e. The molecule has 1 fully saturated rings. The number of aryl methyl sites for hydroxylation is 1. The van der Waals surface area contributed by atoms with Crippen LogP contribution in [0.5, 0.6) is 0 Å². The quantitative estimate of drug-likeness (QED) is 0.466. The fraction of sp³-hybridized carbons (Fsp3) is 0.391. The number of amides is 1. The number of pyridine rings is 1. The molecular weight excluding hydrogens is 414 g/mol. The Morgan fingerprint density at radius 2 is 1.62 bits per heavy atom. The van der Waals surface area contributed by atoms with Crippen LogP contribution >= 0.6 is 0 Å². The van der Waals surface area contributed by atoms with Crippen molar-refractivity contribution in [3.63, 3.8) is 0 Å². The largest absolute Gasteiger partial charge is 0.481 e. The van der Waals surface area contributed by atoms with E-state index in [4.69, 9.17) is 19.8 Å². The lowest BCUT2D eigenvalue weighted by atomic mass is 9.79. The number of rotatable bonds is 5. The molecule has 0 spiro atoms. The molecule has 9 nitrogen and oxygen atoms in total. The Hall–Kier alpha value is -3.30. The van der Waals surface area contributed by atoms with E-state index >= 15 is 0 Å². The number of carbonyl (C=O) groups excluding carboxylic acids is 1. The Kier molecular flexibility index (Phi) is 11.6. The Labute approximate surface area is 187 Å². The summed E-state index contributed by atoms with van der Waals surface area (Å²) < 4.78 is 0. The van der Waals surface area contributed by atoms with Crippen molar-refractivity contribution in [2.75, 3.05) is 13.1 Å². The second kappa shape index (κ2) is 13.9. The van der Waals surface area contributed by atoms with Gasteiger partial charge in [0.1, 0.15) is 0 Å². The number of nitrogens with one attached hydrogen (secondary N) is 2. The monoisotopic (exact) mass is 445 g/mol. The van der Waals surface area contributed by atoms with Gasteiger partial charge in [-0.1, -0.05) is 30.3 Å². The van der Waals surface area contributed by atoms with Crippen LogP contribution in [0.3, 0.4) is 0 Å². The van der Waals surface area contributed by atoms with E-state index in [0.717, 1.165) is 31.5 Å². The van der Waals surface area contributed by atoms with Gasteiger partial charge in [-0.05, 0) is 42.6 Å². The van der Waals surface area contributed by atoms with Gasteiger partial charge in [0.2, 0.25) is 5.91 Å². The van der Waals surface area contributed by atoms with Crippen LogP contribution in [0.2, 0.25) is 0 Å². The fourth-order valence-corrected chi connectivity index (χ4v) is 3.27. The van der Waals surface area contributed by atoms with E-state index in [0.29, 0.717) is 25.8 Å². The molecule has 0 unspecified atom stereocenters. The van der Waals surface area contributed by atoms with Crippen LogP contribution in [0.4, 0.5) is 0 Å². The first kappa shape index (κ1) is 26.7. The topological polar surface area (TPSA) is 149 Å². The van der Waals surface area contributed by atoms with Crippen LogP contribution in [0.1, 0.15) is 37.8 Å². The van der Waals surface area contributed by atoms with Gasteiger partial charge in [0.05, 0.1) is 11.6 Å². The summed E-state index contributed by atoms with van der Waals surface area (Å²) in [5, 5.41) is 31.8. The van der Waals surface area contributed by atoms with Gasteiger partial charge in [0, 0.05) is 39.2 Å². The number of hydrogen-bond donors (Lipinski definition) is 5. The van der Waals surface area contributed by atoms with Crippen molar-refractivity contribution in [2.24, 2.45) is 0 Å². The van der Waals surface area contributed by atoms with Crippen molar-refractivity contribution in [1.29, 1.82) is 0 Å². The molecule has 1 aliphatic heterocycles. The predicted octanol–water partition coefficient (Wildman–Crippen LogP) is 1.56. The summed E-state index contributed by atoms with van der Waals surface area (Å²) in [5.74, 6) is -1.71. The first-order valence-electron chi connectivity index (χ1n) is 10.2. The highest BCUT2D eigenvalue weighted by Crippen LogP contribution is 2.31. The van der Waals surface area contributed by atoms with Crippen molar-refractivity contribution >= 4 is 17.8 Å². The van der Waals surface area contributed by atoms with Gasteiger partial charge >= 0.3 is 0 Å². The summed E-state index contributed by atoms with van der Waals surface area (Å²) in [5.41, 5.74) is 1.32. The molecule has 1 amide bonds. The maximum absolute atomic E-state index is 12.6. The lowest BCUT2D eigenvalue weighted by Crippen LogP contribution is -2.61. The van der Waals surface area contributed by atoms with Gasteiger partial charge in [-0.3, -0.25) is 19.4 Å². The summed E-state index contributed by atoms with van der Waals surface area (Å²) in [7, 11) is 0. The van der Waals surface area contributed by atoms with Gasteiger partial charge in [0.25, 0.3) is 11.9 Å². The minimum Gasteiger partial charge on any atom is -0.481 e. The summed E-state index contributed by atoms with van der Waals surface area (Å²) >= 11 is 0. The highest BCUT2D eigenvalue weighted by molar-refractivity contribution is 5.77. The lowest BCUT2D eigenvalue weighted by Gasteiger charge is -2.43. The number of aromatic nitrogens is 1. The molecule has 0 aliphatic carbocycles. The predicted molar refractivity (Wildman–Crippen MR) is 119 cm³/mol. The molecule has 174 valence electrons. The van der Waals surface area contributed by atoms with Crippen LogP contribution in [0, 0.1) is 0 Å². The number of benzene rings is 1. The summed E-state index contributed by atoms with van der Waals surface area (Å²) in [6, 6.07) is 13.6. The van der Waals surface area contributed by atoms with E-state index in [9.17, 15) is 9.90 Å². The van der Waals surface area contributed by atoms with Crippen molar-refractivity contribution < 1.29 is 29.7 Å². The summed E-state index contributed by atoms with van der Waals surface area (Å²) in [6.07, 6.45) is 4.52. The van der Waals surface area contributed by atoms with Gasteiger partial charge < -0.3 is 26.0 Å². The average molecular weight is 446 g/mol. The molecule has 5 N–H and O–H groups in total. The minimum atomic E-state index is -0.833. The molecule has 0 radical (unpaired) electrons. The SMILES string of the molecule is CC(=O)O.CC(=O)O.O=C(CCc1ccncc1)N[C@@]1(c2ccccc2)CCNC[C@H]1O. The van der Waals surface area contributed by atoms with Gasteiger partial charge in [-0.2, -0.15) is 0 Å². The number of aliphatic carboxylic acids is 2. The van der Waals surface area contributed by atoms with Crippen LogP contribution in [0.15, 0.2) is 54.9 Å². The number of nitrogens with zero attached hydrogens (tertiary/aromatic N) is 1. The second-order valence-corrected chi connectivity index (χ2v) is 7.25. The van der Waals surface area contributed by atoms with E-state index < -0.39 is 23.6 Å². The number of carboxylic acid groups (broad SMARTS) is 2. The van der Waals surface area contributed by atoms with Crippen molar-refractivity contribution in [2.45, 2.75) is 44.8 Å². The Bertz CT molecular complexity index is 827. The number of hydrogen-bond acceptors (Lipinski definition) is 6. The molecule has 1 aliphatic rings. The molecule has 1 aromatic carbocycles. The number of aliphatic hydroxyl groups excluding tert-OH is 1. The lowest BCUT2D eigenvalue weighted by molar-refractivity contribution is -0.135. The maximum Gasteiger partial charge on any atom is 0.300 e. The molecule has 1 aromatic heterocycles. The highest BCUT2D eigenvalue weighted by Gasteiger charge is 2.42. The number of carboxylic acids is 2. The van der Waals surface area contributed by atoms with Gasteiger partial charge in [-0.15, -0.1) is 0 Å². The number of carbonyl (C=O) groups is 3. The molecule has 0 bridgehead atoms. The van der Waals surface area contributed by atoms with Crippen molar-refractivity contribution in [3.05, 3.63) is 66.0 Å². The highest BCUT2D eigenvalue weighted by atomic mass is 16.4. The second-order valence-electron chi connectivity index (χ2n) is 7.25. The van der Waals surface area contributed by atoms with E-state index in [-0.39, 0.29) is 5.91 Å². The van der Waals surface area contributed by atoms with E-state index in [1.165, 1.54) is 0 Å². The standard InChI is InChI=1S/C19H23N3O2.2C2H4O2/c23-17-14-21-13-10-19(17,16-4-2-1-3-5-16)22-18(24)7-6-15-8-11-20-12-9-15;2*1-2(3)4/h1-5,8-9,11-12,17,21,23H,6-7,10,13-14H2,(H,22,24);2*1H3,(H,3,4)/t17-,19-;;/m1../s1. The Morgan fingerprint density at radius 1 is 1.06 bits per heavy atom. The summed E-state index contributed by atoms with van der Waals surface area (Å²) in [6.45, 7) is 3.40. The molecule has 32 heavy (non-hydrogen) atoms. The minimum absolute atomic E-state index is 0.0448. The van der Waals surface area contributed by atoms with Crippen molar-refractivity contribution in [3.8, 4) is 0 Å². The normalized spacial score (nSPS) is 19.3. The summed E-state index contributed by atoms with van der Waals surface area (Å²) in [4.78, 5) is 34.5. The molecule has 3 rings (SSSR count). The molecule has 2 heterocycles. The van der Waals surface area contributed by atoms with E-state index in [2.05, 4.69) is 15.6 Å². The number of β-amino-alcohol motifs (C(OH)–C–C–N with tert-alkyl or cyclic N) is 1. The zero-order chi connectivity index (χ0) is 24.0. The van der Waals surface area contributed by atoms with Crippen LogP contribution in [-0.2, 0) is 26.3 Å². The zero-order valence-electron chi connectivity index (χ0n) is 18.3. The molecule has 0 saturated carbocycles. The van der Waals surface area contributed by atoms with Crippen molar-refractivity contribution in [1.82, 2.24) is 15.6 Å². The fourth-order valence-electron chi connectivity index (χ4n) is 3.27. The van der Waals surface area contributed by atoms with Crippen LogP contribution in [0.25, 0.3) is 0 Å².